The first kappa shape index (κ1) is 17.4. The van der Waals surface area contributed by atoms with Gasteiger partial charge in [0.25, 0.3) is 0 Å². The Hall–Kier alpha value is -3.67. The second-order valence-corrected chi connectivity index (χ2v) is 7.28. The zero-order valence-electron chi connectivity index (χ0n) is 16.5. The first-order valence-electron chi connectivity index (χ1n) is 9.54. The van der Waals surface area contributed by atoms with Gasteiger partial charge in [-0.15, -0.1) is 0 Å². The van der Waals surface area contributed by atoms with Crippen molar-refractivity contribution in [2.45, 2.75) is 27.2 Å². The van der Waals surface area contributed by atoms with Crippen LogP contribution in [0, 0.1) is 20.8 Å². The molecule has 1 amide bonds. The van der Waals surface area contributed by atoms with E-state index in [4.69, 9.17) is 9.51 Å². The van der Waals surface area contributed by atoms with Gasteiger partial charge >= 0.3 is 0 Å². The van der Waals surface area contributed by atoms with E-state index in [9.17, 15) is 4.79 Å². The fourth-order valence-corrected chi connectivity index (χ4v) is 4.05. The van der Waals surface area contributed by atoms with Gasteiger partial charge in [-0.3, -0.25) is 9.20 Å². The molecule has 0 saturated carbocycles. The molecule has 0 saturated heterocycles. The maximum Gasteiger partial charge on any atom is 0.229 e. The van der Waals surface area contributed by atoms with E-state index in [2.05, 4.69) is 20.9 Å². The monoisotopic (exact) mass is 384 g/mol. The van der Waals surface area contributed by atoms with Crippen LogP contribution in [-0.2, 0) is 11.2 Å². The number of hydrogen-bond acceptors (Lipinski definition) is 4. The summed E-state index contributed by atoms with van der Waals surface area (Å²) >= 11 is 0. The highest BCUT2D eigenvalue weighted by molar-refractivity contribution is 6.16. The van der Waals surface area contributed by atoms with Gasteiger partial charge in [0.1, 0.15) is 11.6 Å². The summed E-state index contributed by atoms with van der Waals surface area (Å²) in [5, 5.41) is 9.10. The molecule has 5 aromatic rings. The third-order valence-corrected chi connectivity index (χ3v) is 5.42. The summed E-state index contributed by atoms with van der Waals surface area (Å²) < 4.78 is 7.32. The van der Waals surface area contributed by atoms with Gasteiger partial charge < -0.3 is 9.84 Å². The maximum atomic E-state index is 13.0. The molecule has 1 N–H and O–H groups in total. The van der Waals surface area contributed by atoms with Gasteiger partial charge in [-0.25, -0.2) is 4.98 Å². The van der Waals surface area contributed by atoms with Gasteiger partial charge in [-0.05, 0) is 32.9 Å². The summed E-state index contributed by atoms with van der Waals surface area (Å²) in [6.45, 7) is 5.67. The summed E-state index contributed by atoms with van der Waals surface area (Å²) in [5.41, 5.74) is 5.26. The highest BCUT2D eigenvalue weighted by Crippen LogP contribution is 2.36. The Morgan fingerprint density at radius 2 is 1.76 bits per heavy atom. The van der Waals surface area contributed by atoms with Crippen LogP contribution in [0.2, 0.25) is 0 Å². The van der Waals surface area contributed by atoms with Crippen molar-refractivity contribution in [2.75, 3.05) is 5.32 Å². The minimum Gasteiger partial charge on any atom is -0.361 e. The minimum atomic E-state index is -0.101. The lowest BCUT2D eigenvalue weighted by Crippen LogP contribution is -2.15. The Bertz CT molecular complexity index is 1390. The Kier molecular flexibility index (Phi) is 3.87. The molecule has 2 aromatic carbocycles. The van der Waals surface area contributed by atoms with Crippen molar-refractivity contribution in [2.24, 2.45) is 0 Å². The van der Waals surface area contributed by atoms with E-state index >= 15 is 0 Å². The highest BCUT2D eigenvalue weighted by atomic mass is 16.5. The zero-order valence-corrected chi connectivity index (χ0v) is 16.5. The van der Waals surface area contributed by atoms with Gasteiger partial charge in [0.05, 0.1) is 34.4 Å². The number of amides is 1. The Balaban J connectivity index is 1.72. The molecule has 0 atom stereocenters. The summed E-state index contributed by atoms with van der Waals surface area (Å²) in [4.78, 5) is 17.7. The summed E-state index contributed by atoms with van der Waals surface area (Å²) in [6, 6.07) is 16.1. The number of para-hydroxylation sites is 2. The fraction of sp³-hybridized carbons (Fsp3) is 0.174. The molecule has 29 heavy (non-hydrogen) atoms. The lowest BCUT2D eigenvalue weighted by Gasteiger charge is -2.09. The average Bonchev–Trinajstić information content (AvgIpc) is 3.21. The van der Waals surface area contributed by atoms with Gasteiger partial charge in [-0.2, -0.15) is 0 Å². The molecule has 3 aromatic heterocycles. The molecule has 0 fully saturated rings. The molecule has 0 radical (unpaired) electrons. The number of aryl methyl sites for hydroxylation is 3. The van der Waals surface area contributed by atoms with Crippen molar-refractivity contribution in [3.8, 4) is 0 Å². The molecule has 0 aliphatic heterocycles. The van der Waals surface area contributed by atoms with E-state index in [1.807, 2.05) is 63.2 Å². The van der Waals surface area contributed by atoms with Crippen molar-refractivity contribution in [1.82, 2.24) is 14.5 Å². The second kappa shape index (κ2) is 6.44. The van der Waals surface area contributed by atoms with E-state index in [0.717, 1.165) is 50.1 Å². The molecule has 0 spiro atoms. The van der Waals surface area contributed by atoms with Crippen LogP contribution in [0.1, 0.15) is 22.8 Å². The fourth-order valence-electron chi connectivity index (χ4n) is 4.05. The molecule has 6 nitrogen and oxygen atoms in total. The first-order chi connectivity index (χ1) is 14.0. The molecule has 5 rings (SSSR count). The summed E-state index contributed by atoms with van der Waals surface area (Å²) in [7, 11) is 0. The van der Waals surface area contributed by atoms with Crippen molar-refractivity contribution in [3.63, 3.8) is 0 Å². The molecule has 144 valence electrons. The first-order valence-corrected chi connectivity index (χ1v) is 9.54. The molecular weight excluding hydrogens is 364 g/mol. The molecule has 0 unspecified atom stereocenters. The largest absolute Gasteiger partial charge is 0.361 e. The van der Waals surface area contributed by atoms with E-state index < -0.39 is 0 Å². The smallest absolute Gasteiger partial charge is 0.229 e. The summed E-state index contributed by atoms with van der Waals surface area (Å²) in [6.07, 6.45) is 0.217. The number of carbonyl (C=O) groups is 1. The van der Waals surface area contributed by atoms with E-state index in [-0.39, 0.29) is 12.3 Å². The molecule has 0 aliphatic carbocycles. The third kappa shape index (κ3) is 2.68. The number of nitrogens with one attached hydrogen (secondary N) is 1. The van der Waals surface area contributed by atoms with Crippen molar-refractivity contribution >= 4 is 38.9 Å². The number of anilines is 1. The number of aromatic nitrogens is 3. The van der Waals surface area contributed by atoms with Crippen molar-refractivity contribution in [1.29, 1.82) is 0 Å². The van der Waals surface area contributed by atoms with Gasteiger partial charge in [0, 0.05) is 16.3 Å². The quantitative estimate of drug-likeness (QED) is 0.488. The highest BCUT2D eigenvalue weighted by Gasteiger charge is 2.20. The number of nitrogens with zero attached hydrogens (tertiary/aromatic N) is 3. The number of fused-ring (bicyclic) bond motifs is 5. The predicted molar refractivity (Wildman–Crippen MR) is 113 cm³/mol. The molecule has 0 aliphatic rings. The van der Waals surface area contributed by atoms with Gasteiger partial charge in [0.15, 0.2) is 0 Å². The number of benzene rings is 2. The van der Waals surface area contributed by atoms with Crippen LogP contribution < -0.4 is 5.32 Å². The van der Waals surface area contributed by atoms with Crippen molar-refractivity contribution in [3.05, 3.63) is 71.4 Å². The molecule has 6 heteroatoms. The van der Waals surface area contributed by atoms with Crippen LogP contribution in [0.5, 0.6) is 0 Å². The Morgan fingerprint density at radius 3 is 2.52 bits per heavy atom. The van der Waals surface area contributed by atoms with E-state index in [1.54, 1.807) is 0 Å². The zero-order chi connectivity index (χ0) is 20.1. The Labute approximate surface area is 167 Å². The Morgan fingerprint density at radius 1 is 1.03 bits per heavy atom. The van der Waals surface area contributed by atoms with Gasteiger partial charge in [0.2, 0.25) is 5.91 Å². The number of carbonyl (C=O) groups excluding carboxylic acids is 1. The van der Waals surface area contributed by atoms with Crippen LogP contribution in [0.4, 0.5) is 5.69 Å². The summed E-state index contributed by atoms with van der Waals surface area (Å²) in [5.74, 6) is 1.45. The normalized spacial score (nSPS) is 11.6. The maximum absolute atomic E-state index is 13.0. The molecular formula is C23H20N4O2. The topological polar surface area (TPSA) is 72.4 Å². The standard InChI is InChI=1S/C23H20N4O2/c1-13-18(14(2)29-26-13)12-21(28)25-22-17-9-5-7-11-20(17)27-15(3)24-19-10-6-4-8-16(19)23(22)27/h4-11H,12H2,1-3H3,(H,25,28). The average molecular weight is 384 g/mol. The lowest BCUT2D eigenvalue weighted by atomic mass is 10.1. The van der Waals surface area contributed by atoms with Crippen LogP contribution in [0.15, 0.2) is 53.1 Å². The molecule has 0 bridgehead atoms. The minimum absolute atomic E-state index is 0.101. The number of hydrogen-bond donors (Lipinski definition) is 1. The molecule has 3 heterocycles. The SMILES string of the molecule is Cc1noc(C)c1CC(=O)Nc1c2ccccc2n2c(C)nc3ccccc3c12. The van der Waals surface area contributed by atoms with Crippen LogP contribution >= 0.6 is 0 Å². The van der Waals surface area contributed by atoms with E-state index in [1.165, 1.54) is 0 Å². The van der Waals surface area contributed by atoms with Crippen LogP contribution in [0.3, 0.4) is 0 Å². The van der Waals surface area contributed by atoms with Crippen molar-refractivity contribution < 1.29 is 9.32 Å². The number of rotatable bonds is 3. The van der Waals surface area contributed by atoms with Crippen LogP contribution in [0.25, 0.3) is 27.3 Å². The van der Waals surface area contributed by atoms with Crippen LogP contribution in [-0.4, -0.2) is 20.4 Å². The van der Waals surface area contributed by atoms with E-state index in [0.29, 0.717) is 5.76 Å². The second-order valence-electron chi connectivity index (χ2n) is 7.28. The lowest BCUT2D eigenvalue weighted by molar-refractivity contribution is -0.115. The predicted octanol–water partition coefficient (Wildman–Crippen LogP) is 4.74. The third-order valence-electron chi connectivity index (χ3n) is 5.42. The van der Waals surface area contributed by atoms with Gasteiger partial charge in [-0.1, -0.05) is 41.6 Å².